The molecule has 1 aliphatic heterocycles. The second-order valence-corrected chi connectivity index (χ2v) is 9.67. The van der Waals surface area contributed by atoms with Crippen LogP contribution < -0.4 is 0 Å². The van der Waals surface area contributed by atoms with Crippen molar-refractivity contribution in [3.63, 3.8) is 0 Å². The number of likely N-dealkylation sites (tertiary alicyclic amines) is 1. The summed E-state index contributed by atoms with van der Waals surface area (Å²) in [5, 5.41) is 1.45. The first kappa shape index (κ1) is 18.4. The molecule has 4 aromatic rings. The lowest BCUT2D eigenvalue weighted by molar-refractivity contribution is 0.104. The molecule has 0 radical (unpaired) electrons. The van der Waals surface area contributed by atoms with Crippen molar-refractivity contribution in [3.8, 4) is 11.4 Å². The van der Waals surface area contributed by atoms with Crippen LogP contribution in [-0.2, 0) is 13.0 Å². The Hall–Kier alpha value is -2.37. The van der Waals surface area contributed by atoms with Gasteiger partial charge in [-0.05, 0) is 58.9 Å². The molecule has 0 saturated carbocycles. The van der Waals surface area contributed by atoms with Crippen LogP contribution in [0, 0.1) is 5.92 Å². The number of aromatic nitrogens is 3. The number of H-pyrrole nitrogens is 1. The van der Waals surface area contributed by atoms with Crippen molar-refractivity contribution >= 4 is 26.8 Å². The molecular weight excluding hydrogens is 436 g/mol. The third-order valence-corrected chi connectivity index (χ3v) is 7.76. The van der Waals surface area contributed by atoms with Gasteiger partial charge < -0.3 is 14.5 Å². The van der Waals surface area contributed by atoms with Gasteiger partial charge in [-0.2, -0.15) is 0 Å². The fourth-order valence-electron chi connectivity index (χ4n) is 5.81. The van der Waals surface area contributed by atoms with Gasteiger partial charge >= 0.3 is 0 Å². The monoisotopic (exact) mass is 460 g/mol. The number of rotatable bonds is 3. The number of nitrogens with zero attached hydrogens (tertiary/aromatic N) is 3. The number of benzene rings is 2. The molecule has 1 saturated heterocycles. The van der Waals surface area contributed by atoms with Crippen molar-refractivity contribution in [2.75, 3.05) is 13.6 Å². The summed E-state index contributed by atoms with van der Waals surface area (Å²) in [6.45, 7) is 2.14. The Bertz CT molecular complexity index is 1210. The van der Waals surface area contributed by atoms with E-state index in [0.717, 1.165) is 29.9 Å². The van der Waals surface area contributed by atoms with Crippen LogP contribution in [0.5, 0.6) is 0 Å². The quantitative estimate of drug-likeness (QED) is 0.440. The Labute approximate surface area is 185 Å². The number of likely N-dealkylation sites (N-methyl/N-ethyl adjacent to an activating group) is 1. The molecule has 0 amide bonds. The maximum absolute atomic E-state index is 4.66. The molecule has 2 aromatic heterocycles. The molecule has 2 aliphatic rings. The number of aromatic amines is 1. The summed E-state index contributed by atoms with van der Waals surface area (Å²) in [6, 6.07) is 17.9. The summed E-state index contributed by atoms with van der Waals surface area (Å²) in [4.78, 5) is 10.8. The second-order valence-electron chi connectivity index (χ2n) is 8.88. The van der Waals surface area contributed by atoms with Crippen LogP contribution in [0.4, 0.5) is 0 Å². The molecule has 0 bridgehead atoms. The third kappa shape index (κ3) is 2.87. The van der Waals surface area contributed by atoms with Gasteiger partial charge in [0, 0.05) is 53.9 Å². The van der Waals surface area contributed by atoms with E-state index < -0.39 is 0 Å². The van der Waals surface area contributed by atoms with Crippen LogP contribution in [0.25, 0.3) is 22.3 Å². The smallest absolute Gasteiger partial charge is 0.139 e. The largest absolute Gasteiger partial charge is 0.349 e. The van der Waals surface area contributed by atoms with E-state index in [9.17, 15) is 0 Å². The van der Waals surface area contributed by atoms with Crippen LogP contribution in [0.1, 0.15) is 23.5 Å². The van der Waals surface area contributed by atoms with E-state index in [1.807, 2.05) is 6.20 Å². The van der Waals surface area contributed by atoms with E-state index in [1.54, 1.807) is 0 Å². The van der Waals surface area contributed by atoms with Gasteiger partial charge in [0.15, 0.2) is 0 Å². The van der Waals surface area contributed by atoms with E-state index in [2.05, 4.69) is 97.1 Å². The number of hydrogen-bond acceptors (Lipinski definition) is 2. The summed E-state index contributed by atoms with van der Waals surface area (Å²) in [5.74, 6) is 2.26. The number of piperidine rings is 1. The second kappa shape index (κ2) is 7.10. The molecule has 152 valence electrons. The molecule has 3 atom stereocenters. The van der Waals surface area contributed by atoms with Crippen molar-refractivity contribution < 1.29 is 0 Å². The Morgan fingerprint density at radius 3 is 2.87 bits per heavy atom. The molecule has 2 aromatic carbocycles. The van der Waals surface area contributed by atoms with Crippen LogP contribution >= 0.6 is 15.9 Å². The normalized spacial score (nSPS) is 23.6. The lowest BCUT2D eigenvalue weighted by Crippen LogP contribution is -2.48. The molecular formula is C25H25BrN4. The van der Waals surface area contributed by atoms with E-state index in [4.69, 9.17) is 0 Å². The maximum atomic E-state index is 4.66. The number of hydrogen-bond donors (Lipinski definition) is 1. The van der Waals surface area contributed by atoms with Gasteiger partial charge in [-0.3, -0.25) is 0 Å². The highest BCUT2D eigenvalue weighted by molar-refractivity contribution is 9.10. The van der Waals surface area contributed by atoms with Crippen molar-refractivity contribution in [1.82, 2.24) is 19.4 Å². The summed E-state index contributed by atoms with van der Waals surface area (Å²) >= 11 is 3.77. The highest BCUT2D eigenvalue weighted by atomic mass is 79.9. The summed E-state index contributed by atoms with van der Waals surface area (Å²) in [7, 11) is 2.31. The average Bonchev–Trinajstić information content (AvgIpc) is 3.35. The van der Waals surface area contributed by atoms with Crippen LogP contribution in [0.2, 0.25) is 0 Å². The predicted molar refractivity (Wildman–Crippen MR) is 125 cm³/mol. The highest BCUT2D eigenvalue weighted by Gasteiger charge is 2.40. The molecule has 5 heteroatoms. The van der Waals surface area contributed by atoms with Crippen molar-refractivity contribution in [2.45, 2.75) is 31.3 Å². The van der Waals surface area contributed by atoms with Gasteiger partial charge in [-0.15, -0.1) is 0 Å². The van der Waals surface area contributed by atoms with E-state index in [-0.39, 0.29) is 0 Å². The van der Waals surface area contributed by atoms with Crippen LogP contribution in [-0.4, -0.2) is 39.1 Å². The zero-order valence-electron chi connectivity index (χ0n) is 17.1. The van der Waals surface area contributed by atoms with Crippen molar-refractivity contribution in [1.29, 1.82) is 0 Å². The standard InChI is InChI=1S/C25H25BrN4/c1-29-14-16(15-30-11-10-27-25(30)17-6-3-2-4-7-17)12-19-18-8-5-9-21-23(18)20(13-22(19)29)24(26)28-21/h2-11,16,19,22,28H,12-15H2,1H3/t16-,19?,22+/m0/s1. The molecule has 1 fully saturated rings. The first-order valence-electron chi connectivity index (χ1n) is 10.7. The Balaban J connectivity index is 1.33. The molecule has 0 spiro atoms. The average molecular weight is 461 g/mol. The highest BCUT2D eigenvalue weighted by Crippen LogP contribution is 2.46. The molecule has 1 unspecified atom stereocenters. The minimum Gasteiger partial charge on any atom is -0.349 e. The first-order chi connectivity index (χ1) is 14.7. The van der Waals surface area contributed by atoms with E-state index in [1.165, 1.54) is 34.0 Å². The van der Waals surface area contributed by atoms with Gasteiger partial charge in [-0.1, -0.05) is 42.5 Å². The van der Waals surface area contributed by atoms with E-state index >= 15 is 0 Å². The Morgan fingerprint density at radius 1 is 1.13 bits per heavy atom. The summed E-state index contributed by atoms with van der Waals surface area (Å²) in [6.07, 6.45) is 6.41. The summed E-state index contributed by atoms with van der Waals surface area (Å²) < 4.78 is 3.50. The fraction of sp³-hybridized carbons (Fsp3) is 0.320. The first-order valence-corrected chi connectivity index (χ1v) is 11.5. The molecule has 1 aliphatic carbocycles. The molecule has 6 rings (SSSR count). The van der Waals surface area contributed by atoms with Crippen molar-refractivity contribution in [3.05, 3.63) is 76.7 Å². The number of halogens is 1. The van der Waals surface area contributed by atoms with Gasteiger partial charge in [0.1, 0.15) is 5.82 Å². The summed E-state index contributed by atoms with van der Waals surface area (Å²) in [5.41, 5.74) is 5.42. The number of imidazole rings is 1. The van der Waals surface area contributed by atoms with Gasteiger partial charge in [0.25, 0.3) is 0 Å². The topological polar surface area (TPSA) is 36.9 Å². The van der Waals surface area contributed by atoms with Crippen LogP contribution in [0.3, 0.4) is 0 Å². The van der Waals surface area contributed by atoms with Gasteiger partial charge in [-0.25, -0.2) is 4.98 Å². The third-order valence-electron chi connectivity index (χ3n) is 7.09. The SMILES string of the molecule is CN1C[C@@H](Cn2ccnc2-c2ccccc2)CC2c3cccc4[nH]c(Br)c(c34)C[C@H]21. The van der Waals surface area contributed by atoms with Gasteiger partial charge in [0.2, 0.25) is 0 Å². The Kier molecular flexibility index (Phi) is 4.36. The lowest BCUT2D eigenvalue weighted by Gasteiger charge is -2.45. The Morgan fingerprint density at radius 2 is 2.00 bits per heavy atom. The predicted octanol–water partition coefficient (Wildman–Crippen LogP) is 5.45. The fourth-order valence-corrected chi connectivity index (χ4v) is 6.39. The number of fused-ring (bicyclic) bond motifs is 2. The maximum Gasteiger partial charge on any atom is 0.139 e. The zero-order valence-corrected chi connectivity index (χ0v) is 18.6. The minimum absolute atomic E-state index is 0.572. The molecule has 4 nitrogen and oxygen atoms in total. The molecule has 30 heavy (non-hydrogen) atoms. The zero-order chi connectivity index (χ0) is 20.2. The molecule has 1 N–H and O–H groups in total. The van der Waals surface area contributed by atoms with Crippen LogP contribution in [0.15, 0.2) is 65.5 Å². The number of nitrogens with one attached hydrogen (secondary N) is 1. The van der Waals surface area contributed by atoms with Gasteiger partial charge in [0.05, 0.1) is 4.60 Å². The molecule has 3 heterocycles. The minimum atomic E-state index is 0.572. The van der Waals surface area contributed by atoms with Crippen molar-refractivity contribution in [2.24, 2.45) is 5.92 Å². The van der Waals surface area contributed by atoms with E-state index in [0.29, 0.717) is 17.9 Å². The lowest BCUT2D eigenvalue weighted by atomic mass is 9.72.